The van der Waals surface area contributed by atoms with Crippen LogP contribution in [0.4, 0.5) is 5.69 Å². The van der Waals surface area contributed by atoms with E-state index in [1.807, 2.05) is 42.8 Å². The van der Waals surface area contributed by atoms with E-state index in [0.29, 0.717) is 0 Å². The Hall–Kier alpha value is -0.630. The van der Waals surface area contributed by atoms with Crippen molar-refractivity contribution in [3.8, 4) is 0 Å². The van der Waals surface area contributed by atoms with E-state index in [-0.39, 0.29) is 0 Å². The van der Waals surface area contributed by atoms with Crippen LogP contribution in [0.2, 0.25) is 0 Å². The van der Waals surface area contributed by atoms with E-state index in [1.54, 1.807) is 11.8 Å². The highest BCUT2D eigenvalue weighted by Crippen LogP contribution is 2.07. The number of benzene rings is 1. The van der Waals surface area contributed by atoms with Gasteiger partial charge in [0.1, 0.15) is 0 Å². The molecule has 0 saturated heterocycles. The van der Waals surface area contributed by atoms with Gasteiger partial charge in [-0.25, -0.2) is 0 Å². The summed E-state index contributed by atoms with van der Waals surface area (Å²) in [7, 11) is 0. The fourth-order valence-corrected chi connectivity index (χ4v) is 0.661. The SMILES string of the molecule is CSC.S=C=Nc1ccccc1. The summed E-state index contributed by atoms with van der Waals surface area (Å²) in [6.45, 7) is 0. The topological polar surface area (TPSA) is 12.4 Å². The quantitative estimate of drug-likeness (QED) is 0.505. The Labute approximate surface area is 82.9 Å². The number of hydrogen-bond acceptors (Lipinski definition) is 3. The zero-order valence-corrected chi connectivity index (χ0v) is 8.78. The van der Waals surface area contributed by atoms with Gasteiger partial charge in [-0.15, -0.1) is 0 Å². The molecule has 1 rings (SSSR count). The largest absolute Gasteiger partial charge is 0.195 e. The molecular formula is C9H11NS2. The van der Waals surface area contributed by atoms with Crippen molar-refractivity contribution in [1.29, 1.82) is 0 Å². The summed E-state index contributed by atoms with van der Waals surface area (Å²) in [4.78, 5) is 3.77. The number of thioether (sulfide) groups is 1. The highest BCUT2D eigenvalue weighted by molar-refractivity contribution is 7.97. The molecule has 0 spiro atoms. The van der Waals surface area contributed by atoms with Gasteiger partial charge in [0.25, 0.3) is 0 Å². The second-order valence-corrected chi connectivity index (χ2v) is 2.95. The molecule has 0 aliphatic carbocycles. The number of nitrogens with zero attached hydrogens (tertiary/aromatic N) is 1. The first-order valence-corrected chi connectivity index (χ1v) is 5.42. The highest BCUT2D eigenvalue weighted by atomic mass is 32.2. The lowest BCUT2D eigenvalue weighted by Crippen LogP contribution is -1.58. The van der Waals surface area contributed by atoms with E-state index in [2.05, 4.69) is 22.4 Å². The lowest BCUT2D eigenvalue weighted by atomic mass is 10.3. The predicted molar refractivity (Wildman–Crippen MR) is 60.6 cm³/mol. The van der Waals surface area contributed by atoms with Crippen LogP contribution >= 0.6 is 24.0 Å². The first-order chi connectivity index (χ1) is 5.85. The first-order valence-electron chi connectivity index (χ1n) is 3.38. The van der Waals surface area contributed by atoms with E-state index < -0.39 is 0 Å². The van der Waals surface area contributed by atoms with Gasteiger partial charge in [-0.05, 0) is 36.9 Å². The molecule has 0 aliphatic rings. The lowest BCUT2D eigenvalue weighted by Gasteiger charge is -1.83. The van der Waals surface area contributed by atoms with Gasteiger partial charge in [0.05, 0.1) is 10.8 Å². The van der Waals surface area contributed by atoms with Gasteiger partial charge in [-0.2, -0.15) is 16.8 Å². The number of para-hydroxylation sites is 1. The van der Waals surface area contributed by atoms with E-state index in [4.69, 9.17) is 0 Å². The van der Waals surface area contributed by atoms with Crippen LogP contribution in [0.15, 0.2) is 35.3 Å². The molecule has 64 valence electrons. The average molecular weight is 197 g/mol. The third-order valence-electron chi connectivity index (χ3n) is 0.931. The molecule has 0 amide bonds. The number of thiocarbonyl (C=S) groups is 1. The van der Waals surface area contributed by atoms with Gasteiger partial charge in [-0.3, -0.25) is 0 Å². The fraction of sp³-hybridized carbons (Fsp3) is 0.222. The minimum Gasteiger partial charge on any atom is -0.195 e. The van der Waals surface area contributed by atoms with E-state index >= 15 is 0 Å². The van der Waals surface area contributed by atoms with Crippen LogP contribution in [0, 0.1) is 0 Å². The third kappa shape index (κ3) is 6.10. The molecule has 1 aromatic carbocycles. The predicted octanol–water partition coefficient (Wildman–Crippen LogP) is 3.40. The van der Waals surface area contributed by atoms with Crippen LogP contribution in [0.5, 0.6) is 0 Å². The monoisotopic (exact) mass is 197 g/mol. The molecule has 0 aliphatic heterocycles. The summed E-state index contributed by atoms with van der Waals surface area (Å²) < 4.78 is 0. The molecule has 0 aromatic heterocycles. The highest BCUT2D eigenvalue weighted by Gasteiger charge is 1.79. The Morgan fingerprint density at radius 1 is 1.25 bits per heavy atom. The third-order valence-corrected chi connectivity index (χ3v) is 1.02. The molecule has 0 N–H and O–H groups in total. The molecule has 12 heavy (non-hydrogen) atoms. The molecular weight excluding hydrogens is 186 g/mol. The van der Waals surface area contributed by atoms with Gasteiger partial charge in [0.15, 0.2) is 0 Å². The molecule has 0 bridgehead atoms. The molecule has 3 heteroatoms. The van der Waals surface area contributed by atoms with Gasteiger partial charge in [0, 0.05) is 0 Å². The van der Waals surface area contributed by atoms with Crippen molar-refractivity contribution >= 4 is 34.8 Å². The zero-order valence-electron chi connectivity index (χ0n) is 7.15. The fourth-order valence-electron chi connectivity index (χ4n) is 0.555. The van der Waals surface area contributed by atoms with Crippen LogP contribution in [0.1, 0.15) is 0 Å². The van der Waals surface area contributed by atoms with Crippen molar-refractivity contribution < 1.29 is 0 Å². The van der Waals surface area contributed by atoms with E-state index in [1.165, 1.54) is 0 Å². The van der Waals surface area contributed by atoms with Gasteiger partial charge in [-0.1, -0.05) is 18.2 Å². The summed E-state index contributed by atoms with van der Waals surface area (Å²) >= 11 is 6.17. The Morgan fingerprint density at radius 2 is 1.75 bits per heavy atom. The number of aliphatic imine (C=N–C) groups is 1. The zero-order chi connectivity index (χ0) is 9.23. The molecule has 0 saturated carbocycles. The molecule has 0 heterocycles. The Bertz CT molecular complexity index is 240. The van der Waals surface area contributed by atoms with Crippen molar-refractivity contribution in [2.24, 2.45) is 4.99 Å². The molecule has 0 fully saturated rings. The molecule has 0 unspecified atom stereocenters. The average Bonchev–Trinajstić information content (AvgIpc) is 2.08. The Morgan fingerprint density at radius 3 is 2.17 bits per heavy atom. The smallest absolute Gasteiger partial charge is 0.0739 e. The van der Waals surface area contributed by atoms with Crippen LogP contribution in [0.3, 0.4) is 0 Å². The van der Waals surface area contributed by atoms with E-state index in [9.17, 15) is 0 Å². The van der Waals surface area contributed by atoms with Crippen molar-refractivity contribution in [1.82, 2.24) is 0 Å². The maximum atomic E-state index is 4.42. The van der Waals surface area contributed by atoms with Crippen molar-refractivity contribution in [2.75, 3.05) is 12.5 Å². The summed E-state index contributed by atoms with van der Waals surface area (Å²) in [5.74, 6) is 0. The van der Waals surface area contributed by atoms with E-state index in [0.717, 1.165) is 5.69 Å². The minimum atomic E-state index is 0.854. The number of isothiocyanates is 1. The van der Waals surface area contributed by atoms with Crippen LogP contribution in [-0.4, -0.2) is 17.7 Å². The first kappa shape index (κ1) is 11.4. The maximum absolute atomic E-state index is 4.42. The number of rotatable bonds is 1. The summed E-state index contributed by atoms with van der Waals surface area (Å²) in [6.07, 6.45) is 4.08. The van der Waals surface area contributed by atoms with Gasteiger partial charge >= 0.3 is 0 Å². The van der Waals surface area contributed by atoms with Crippen LogP contribution in [-0.2, 0) is 0 Å². The Balaban J connectivity index is 0.000000354. The summed E-state index contributed by atoms with van der Waals surface area (Å²) in [6, 6.07) is 9.50. The van der Waals surface area contributed by atoms with Gasteiger partial charge in [0.2, 0.25) is 0 Å². The molecule has 1 aromatic rings. The summed E-state index contributed by atoms with van der Waals surface area (Å²) in [5.41, 5.74) is 0.854. The van der Waals surface area contributed by atoms with Crippen molar-refractivity contribution in [3.63, 3.8) is 0 Å². The second kappa shape index (κ2) is 8.47. The van der Waals surface area contributed by atoms with Crippen molar-refractivity contribution in [2.45, 2.75) is 0 Å². The lowest BCUT2D eigenvalue weighted by molar-refractivity contribution is 1.55. The minimum absolute atomic E-state index is 0.854. The molecule has 1 nitrogen and oxygen atoms in total. The van der Waals surface area contributed by atoms with Crippen LogP contribution in [0.25, 0.3) is 0 Å². The number of hydrogen-bond donors (Lipinski definition) is 0. The second-order valence-electron chi connectivity index (χ2n) is 1.95. The Kier molecular flexibility index (Phi) is 8.02. The normalized spacial score (nSPS) is 7.50. The standard InChI is InChI=1S/C7H5NS.C2H6S/c9-6-8-7-4-2-1-3-5-7;1-3-2/h1-5H;1-2H3. The molecule has 0 atom stereocenters. The molecule has 0 radical (unpaired) electrons. The summed E-state index contributed by atoms with van der Waals surface area (Å²) in [5, 5.41) is 2.29. The van der Waals surface area contributed by atoms with Crippen LogP contribution < -0.4 is 0 Å². The maximum Gasteiger partial charge on any atom is 0.0739 e. The van der Waals surface area contributed by atoms with Gasteiger partial charge < -0.3 is 0 Å². The van der Waals surface area contributed by atoms with Crippen molar-refractivity contribution in [3.05, 3.63) is 30.3 Å².